The number of benzene rings is 1. The Morgan fingerprint density at radius 1 is 1.32 bits per heavy atom. The lowest BCUT2D eigenvalue weighted by Gasteiger charge is -2.31. The van der Waals surface area contributed by atoms with Crippen molar-refractivity contribution in [2.45, 2.75) is 32.1 Å². The fourth-order valence-electron chi connectivity index (χ4n) is 2.73. The summed E-state index contributed by atoms with van der Waals surface area (Å²) in [7, 11) is 0. The normalized spacial score (nSPS) is 18.2. The molecule has 3 nitrogen and oxygen atoms in total. The van der Waals surface area contributed by atoms with Crippen LogP contribution in [0.15, 0.2) is 24.3 Å². The summed E-state index contributed by atoms with van der Waals surface area (Å²) in [5, 5.41) is 9.19. The Balaban J connectivity index is 2.01. The van der Waals surface area contributed by atoms with Gasteiger partial charge in [0.05, 0.1) is 13.2 Å². The predicted molar refractivity (Wildman–Crippen MR) is 77.7 cm³/mol. The van der Waals surface area contributed by atoms with E-state index < -0.39 is 0 Å². The summed E-state index contributed by atoms with van der Waals surface area (Å²) in [6, 6.07) is 8.35. The highest BCUT2D eigenvalue weighted by molar-refractivity contribution is 5.37. The highest BCUT2D eigenvalue weighted by Gasteiger charge is 2.22. The molecule has 0 aromatic heterocycles. The van der Waals surface area contributed by atoms with E-state index in [9.17, 15) is 5.11 Å². The molecule has 2 rings (SSSR count). The van der Waals surface area contributed by atoms with Gasteiger partial charge in [0.2, 0.25) is 0 Å². The number of nitrogens with zero attached hydrogens (tertiary/aromatic N) is 1. The van der Waals surface area contributed by atoms with Crippen LogP contribution in [-0.2, 0) is 0 Å². The Hall–Kier alpha value is -1.06. The number of hydrogen-bond acceptors (Lipinski definition) is 3. The molecule has 0 aliphatic carbocycles. The van der Waals surface area contributed by atoms with Gasteiger partial charge in [-0.2, -0.15) is 0 Å². The molecule has 1 aromatic carbocycles. The minimum atomic E-state index is 0.245. The van der Waals surface area contributed by atoms with Gasteiger partial charge in [-0.25, -0.2) is 0 Å². The standard InChI is InChI=1S/C16H25NO2/c1-2-3-9-17(10-11-18)13-14-8-12-19-16-7-5-4-6-15(14)16/h4-7,14,18H,2-3,8-13H2,1H3. The van der Waals surface area contributed by atoms with E-state index >= 15 is 0 Å². The van der Waals surface area contributed by atoms with E-state index in [0.717, 1.165) is 38.4 Å². The monoisotopic (exact) mass is 263 g/mol. The lowest BCUT2D eigenvalue weighted by molar-refractivity contribution is 0.171. The van der Waals surface area contributed by atoms with Gasteiger partial charge in [-0.1, -0.05) is 31.5 Å². The first-order valence-electron chi connectivity index (χ1n) is 7.40. The van der Waals surface area contributed by atoms with Gasteiger partial charge >= 0.3 is 0 Å². The van der Waals surface area contributed by atoms with Crippen molar-refractivity contribution >= 4 is 0 Å². The van der Waals surface area contributed by atoms with Crippen molar-refractivity contribution in [1.82, 2.24) is 4.90 Å². The molecule has 1 aliphatic heterocycles. The van der Waals surface area contributed by atoms with Crippen LogP contribution in [0.2, 0.25) is 0 Å². The van der Waals surface area contributed by atoms with Gasteiger partial charge in [0.15, 0.2) is 0 Å². The molecule has 1 N–H and O–H groups in total. The minimum absolute atomic E-state index is 0.245. The molecule has 1 heterocycles. The Morgan fingerprint density at radius 2 is 2.16 bits per heavy atom. The lowest BCUT2D eigenvalue weighted by atomic mass is 9.92. The fraction of sp³-hybridized carbons (Fsp3) is 0.625. The van der Waals surface area contributed by atoms with Gasteiger partial charge in [-0.15, -0.1) is 0 Å². The van der Waals surface area contributed by atoms with Gasteiger partial charge in [-0.05, 0) is 31.0 Å². The summed E-state index contributed by atoms with van der Waals surface area (Å²) in [5.41, 5.74) is 1.33. The molecule has 0 fully saturated rings. The molecule has 1 atom stereocenters. The van der Waals surface area contributed by atoms with Gasteiger partial charge in [0.1, 0.15) is 5.75 Å². The first-order valence-corrected chi connectivity index (χ1v) is 7.40. The van der Waals surface area contributed by atoms with E-state index in [2.05, 4.69) is 30.0 Å². The predicted octanol–water partition coefficient (Wildman–Crippen LogP) is 2.65. The molecule has 0 radical (unpaired) electrons. The summed E-state index contributed by atoms with van der Waals surface area (Å²) in [4.78, 5) is 2.39. The zero-order chi connectivity index (χ0) is 13.5. The number of aliphatic hydroxyl groups excluding tert-OH is 1. The van der Waals surface area contributed by atoms with Crippen LogP contribution in [0.4, 0.5) is 0 Å². The number of unbranched alkanes of at least 4 members (excludes halogenated alkanes) is 1. The second-order valence-corrected chi connectivity index (χ2v) is 5.25. The second kappa shape index (κ2) is 7.51. The molecule has 0 spiro atoms. The van der Waals surface area contributed by atoms with Crippen LogP contribution in [-0.4, -0.2) is 42.9 Å². The molecule has 1 aromatic rings. The van der Waals surface area contributed by atoms with Gasteiger partial charge in [-0.3, -0.25) is 0 Å². The summed E-state index contributed by atoms with van der Waals surface area (Å²) >= 11 is 0. The van der Waals surface area contributed by atoms with Crippen LogP contribution in [0.25, 0.3) is 0 Å². The molecule has 0 amide bonds. The largest absolute Gasteiger partial charge is 0.493 e. The summed E-state index contributed by atoms with van der Waals surface area (Å²) in [6.07, 6.45) is 3.47. The van der Waals surface area contributed by atoms with Crippen LogP contribution >= 0.6 is 0 Å². The SMILES string of the molecule is CCCCN(CCO)CC1CCOc2ccccc21. The summed E-state index contributed by atoms with van der Waals surface area (Å²) in [5.74, 6) is 1.58. The summed E-state index contributed by atoms with van der Waals surface area (Å²) < 4.78 is 5.71. The zero-order valence-corrected chi connectivity index (χ0v) is 11.8. The first-order chi connectivity index (χ1) is 9.35. The maximum atomic E-state index is 9.19. The molecular weight excluding hydrogens is 238 g/mol. The quantitative estimate of drug-likeness (QED) is 0.821. The molecule has 0 bridgehead atoms. The fourth-order valence-corrected chi connectivity index (χ4v) is 2.73. The van der Waals surface area contributed by atoms with Crippen LogP contribution < -0.4 is 4.74 Å². The van der Waals surface area contributed by atoms with Crippen LogP contribution in [0.5, 0.6) is 5.75 Å². The van der Waals surface area contributed by atoms with E-state index in [4.69, 9.17) is 4.74 Å². The number of rotatable bonds is 7. The van der Waals surface area contributed by atoms with Crippen molar-refractivity contribution in [3.63, 3.8) is 0 Å². The van der Waals surface area contributed by atoms with E-state index in [1.54, 1.807) is 0 Å². The highest BCUT2D eigenvalue weighted by atomic mass is 16.5. The van der Waals surface area contributed by atoms with E-state index in [-0.39, 0.29) is 6.61 Å². The number of ether oxygens (including phenoxy) is 1. The molecule has 3 heteroatoms. The third kappa shape index (κ3) is 3.95. The highest BCUT2D eigenvalue weighted by Crippen LogP contribution is 2.33. The van der Waals surface area contributed by atoms with E-state index in [1.807, 2.05) is 6.07 Å². The maximum Gasteiger partial charge on any atom is 0.122 e. The lowest BCUT2D eigenvalue weighted by Crippen LogP contribution is -2.34. The van der Waals surface area contributed by atoms with Crippen molar-refractivity contribution in [2.75, 3.05) is 32.8 Å². The van der Waals surface area contributed by atoms with Gasteiger partial charge < -0.3 is 14.7 Å². The number of para-hydroxylation sites is 1. The van der Waals surface area contributed by atoms with E-state index in [0.29, 0.717) is 5.92 Å². The van der Waals surface area contributed by atoms with Crippen molar-refractivity contribution < 1.29 is 9.84 Å². The second-order valence-electron chi connectivity index (χ2n) is 5.25. The smallest absolute Gasteiger partial charge is 0.122 e. The third-order valence-corrected chi connectivity index (χ3v) is 3.81. The van der Waals surface area contributed by atoms with Crippen LogP contribution in [0, 0.1) is 0 Å². The maximum absolute atomic E-state index is 9.19. The van der Waals surface area contributed by atoms with Crippen molar-refractivity contribution in [1.29, 1.82) is 0 Å². The van der Waals surface area contributed by atoms with Gasteiger partial charge in [0, 0.05) is 19.0 Å². The zero-order valence-electron chi connectivity index (χ0n) is 11.8. The molecular formula is C16H25NO2. The average molecular weight is 263 g/mol. The Kier molecular flexibility index (Phi) is 5.67. The molecule has 106 valence electrons. The molecule has 0 saturated heterocycles. The first kappa shape index (κ1) is 14.4. The third-order valence-electron chi connectivity index (χ3n) is 3.81. The number of hydrogen-bond donors (Lipinski definition) is 1. The average Bonchev–Trinajstić information content (AvgIpc) is 2.45. The van der Waals surface area contributed by atoms with Crippen molar-refractivity contribution in [3.8, 4) is 5.75 Å². The minimum Gasteiger partial charge on any atom is -0.493 e. The Bertz CT molecular complexity index is 381. The van der Waals surface area contributed by atoms with Crippen LogP contribution in [0.1, 0.15) is 37.7 Å². The summed E-state index contributed by atoms with van der Waals surface area (Å²) in [6.45, 7) is 6.15. The number of fused-ring (bicyclic) bond motifs is 1. The number of aliphatic hydroxyl groups is 1. The van der Waals surface area contributed by atoms with Crippen LogP contribution in [0.3, 0.4) is 0 Å². The van der Waals surface area contributed by atoms with Crippen molar-refractivity contribution in [2.24, 2.45) is 0 Å². The Morgan fingerprint density at radius 3 is 2.95 bits per heavy atom. The van der Waals surface area contributed by atoms with Crippen molar-refractivity contribution in [3.05, 3.63) is 29.8 Å². The van der Waals surface area contributed by atoms with E-state index in [1.165, 1.54) is 18.4 Å². The van der Waals surface area contributed by atoms with Gasteiger partial charge in [0.25, 0.3) is 0 Å². The topological polar surface area (TPSA) is 32.7 Å². The molecule has 1 unspecified atom stereocenters. The Labute approximate surface area is 116 Å². The molecule has 19 heavy (non-hydrogen) atoms. The molecule has 0 saturated carbocycles. The molecule has 1 aliphatic rings.